The minimum Gasteiger partial charge on any atom is -0.469 e. The minimum atomic E-state index is -0.534. The molecule has 0 N–H and O–H groups in total. The standard InChI is InChI=1S/C14H16O6/c1-17-13(15)6-4-10(14(16)18-2)9-3-5-11-12(7-9)20-8-19-11/h3,5,7,10H,4,6,8H2,1-2H3/t10-/m1/s1. The second kappa shape index (κ2) is 6.27. The van der Waals surface area contributed by atoms with Crippen LogP contribution in [-0.4, -0.2) is 33.0 Å². The third kappa shape index (κ3) is 3.01. The number of benzene rings is 1. The lowest BCUT2D eigenvalue weighted by molar-refractivity contribution is -0.143. The molecule has 108 valence electrons. The molecule has 1 aliphatic rings. The van der Waals surface area contributed by atoms with E-state index < -0.39 is 11.9 Å². The van der Waals surface area contributed by atoms with Crippen molar-refractivity contribution in [3.05, 3.63) is 23.8 Å². The van der Waals surface area contributed by atoms with Gasteiger partial charge in [-0.05, 0) is 24.1 Å². The number of hydrogen-bond donors (Lipinski definition) is 0. The SMILES string of the molecule is COC(=O)CC[C@@H](C(=O)OC)c1ccc2c(c1)OCO2. The predicted molar refractivity (Wildman–Crippen MR) is 68.6 cm³/mol. The Kier molecular flexibility index (Phi) is 4.45. The third-order valence-corrected chi connectivity index (χ3v) is 3.15. The van der Waals surface area contributed by atoms with Crippen LogP contribution in [0, 0.1) is 0 Å². The molecule has 1 aromatic rings. The molecule has 1 heterocycles. The van der Waals surface area contributed by atoms with Crippen LogP contribution >= 0.6 is 0 Å². The summed E-state index contributed by atoms with van der Waals surface area (Å²) in [6, 6.07) is 5.25. The molecule has 0 saturated heterocycles. The van der Waals surface area contributed by atoms with Crippen LogP contribution in [0.5, 0.6) is 11.5 Å². The molecule has 0 spiro atoms. The summed E-state index contributed by atoms with van der Waals surface area (Å²) in [7, 11) is 2.64. The van der Waals surface area contributed by atoms with Gasteiger partial charge in [0, 0.05) is 6.42 Å². The van der Waals surface area contributed by atoms with Gasteiger partial charge < -0.3 is 18.9 Å². The molecule has 0 saturated carbocycles. The number of carbonyl (C=O) groups excluding carboxylic acids is 2. The van der Waals surface area contributed by atoms with Crippen molar-refractivity contribution in [2.75, 3.05) is 21.0 Å². The highest BCUT2D eigenvalue weighted by Gasteiger charge is 2.25. The van der Waals surface area contributed by atoms with Gasteiger partial charge in [-0.25, -0.2) is 0 Å². The second-order valence-corrected chi connectivity index (χ2v) is 4.30. The zero-order valence-electron chi connectivity index (χ0n) is 11.4. The molecule has 20 heavy (non-hydrogen) atoms. The van der Waals surface area contributed by atoms with E-state index in [0.29, 0.717) is 17.9 Å². The molecule has 0 fully saturated rings. The van der Waals surface area contributed by atoms with E-state index in [1.165, 1.54) is 14.2 Å². The number of fused-ring (bicyclic) bond motifs is 1. The van der Waals surface area contributed by atoms with Gasteiger partial charge in [0.1, 0.15) is 0 Å². The van der Waals surface area contributed by atoms with Gasteiger partial charge in [-0.3, -0.25) is 9.59 Å². The normalized spacial score (nSPS) is 13.7. The summed E-state index contributed by atoms with van der Waals surface area (Å²) in [6.07, 6.45) is 0.462. The quantitative estimate of drug-likeness (QED) is 0.763. The topological polar surface area (TPSA) is 71.1 Å². The maximum absolute atomic E-state index is 11.9. The highest BCUT2D eigenvalue weighted by atomic mass is 16.7. The number of carbonyl (C=O) groups is 2. The smallest absolute Gasteiger partial charge is 0.313 e. The highest BCUT2D eigenvalue weighted by Crippen LogP contribution is 2.36. The average Bonchev–Trinajstić information content (AvgIpc) is 2.94. The molecule has 0 amide bonds. The van der Waals surface area contributed by atoms with Crippen molar-refractivity contribution in [2.24, 2.45) is 0 Å². The molecule has 0 aromatic heterocycles. The van der Waals surface area contributed by atoms with E-state index in [-0.39, 0.29) is 19.2 Å². The zero-order valence-corrected chi connectivity index (χ0v) is 11.4. The Hall–Kier alpha value is -2.24. The molecule has 1 aromatic carbocycles. The molecule has 1 aliphatic heterocycles. The van der Waals surface area contributed by atoms with E-state index >= 15 is 0 Å². The van der Waals surface area contributed by atoms with Crippen molar-refractivity contribution >= 4 is 11.9 Å². The van der Waals surface area contributed by atoms with E-state index in [1.54, 1.807) is 18.2 Å². The first-order valence-corrected chi connectivity index (χ1v) is 6.20. The predicted octanol–water partition coefficient (Wildman–Crippen LogP) is 1.63. The number of rotatable bonds is 5. The number of methoxy groups -OCH3 is 2. The van der Waals surface area contributed by atoms with Crippen LogP contribution in [-0.2, 0) is 19.1 Å². The molecular weight excluding hydrogens is 264 g/mol. The van der Waals surface area contributed by atoms with Crippen molar-refractivity contribution < 1.29 is 28.5 Å². The van der Waals surface area contributed by atoms with Crippen LogP contribution in [0.25, 0.3) is 0 Å². The molecule has 1 atom stereocenters. The average molecular weight is 280 g/mol. The van der Waals surface area contributed by atoms with Gasteiger partial charge in [0.2, 0.25) is 6.79 Å². The molecule has 0 radical (unpaired) electrons. The van der Waals surface area contributed by atoms with Crippen molar-refractivity contribution in [3.8, 4) is 11.5 Å². The Morgan fingerprint density at radius 3 is 2.65 bits per heavy atom. The highest BCUT2D eigenvalue weighted by molar-refractivity contribution is 5.79. The van der Waals surface area contributed by atoms with Crippen molar-refractivity contribution in [1.82, 2.24) is 0 Å². The fraction of sp³-hybridized carbons (Fsp3) is 0.429. The fourth-order valence-corrected chi connectivity index (χ4v) is 2.06. The molecule has 0 bridgehead atoms. The Labute approximate surface area is 116 Å². The summed E-state index contributed by atoms with van der Waals surface area (Å²) < 4.78 is 19.9. The van der Waals surface area contributed by atoms with Gasteiger partial charge in [0.25, 0.3) is 0 Å². The van der Waals surface area contributed by atoms with E-state index in [2.05, 4.69) is 4.74 Å². The lowest BCUT2D eigenvalue weighted by Crippen LogP contribution is -2.16. The summed E-state index contributed by atoms with van der Waals surface area (Å²) in [4.78, 5) is 23.1. The largest absolute Gasteiger partial charge is 0.469 e. The minimum absolute atomic E-state index is 0.144. The monoisotopic (exact) mass is 280 g/mol. The lowest BCUT2D eigenvalue weighted by Gasteiger charge is -2.14. The molecule has 2 rings (SSSR count). The van der Waals surface area contributed by atoms with Crippen LogP contribution in [0.1, 0.15) is 24.3 Å². The maximum Gasteiger partial charge on any atom is 0.313 e. The zero-order chi connectivity index (χ0) is 14.5. The first-order chi connectivity index (χ1) is 9.65. The van der Waals surface area contributed by atoms with Gasteiger partial charge in [-0.1, -0.05) is 6.07 Å². The van der Waals surface area contributed by atoms with Gasteiger partial charge >= 0.3 is 11.9 Å². The van der Waals surface area contributed by atoms with Crippen LogP contribution < -0.4 is 9.47 Å². The van der Waals surface area contributed by atoms with Crippen LogP contribution in [0.3, 0.4) is 0 Å². The van der Waals surface area contributed by atoms with Gasteiger partial charge in [-0.2, -0.15) is 0 Å². The van der Waals surface area contributed by atoms with Crippen LogP contribution in [0.4, 0.5) is 0 Å². The Bertz CT molecular complexity index is 510. The van der Waals surface area contributed by atoms with E-state index in [9.17, 15) is 9.59 Å². The maximum atomic E-state index is 11.9. The summed E-state index contributed by atoms with van der Waals surface area (Å²) in [5, 5.41) is 0. The van der Waals surface area contributed by atoms with E-state index in [4.69, 9.17) is 14.2 Å². The molecule has 6 nitrogen and oxygen atoms in total. The van der Waals surface area contributed by atoms with E-state index in [0.717, 1.165) is 5.56 Å². The number of esters is 2. The van der Waals surface area contributed by atoms with Crippen molar-refractivity contribution in [2.45, 2.75) is 18.8 Å². The Morgan fingerprint density at radius 2 is 1.95 bits per heavy atom. The molecular formula is C14H16O6. The number of ether oxygens (including phenoxy) is 4. The fourth-order valence-electron chi connectivity index (χ4n) is 2.06. The second-order valence-electron chi connectivity index (χ2n) is 4.30. The third-order valence-electron chi connectivity index (χ3n) is 3.15. The first-order valence-electron chi connectivity index (χ1n) is 6.20. The van der Waals surface area contributed by atoms with Gasteiger partial charge in [-0.15, -0.1) is 0 Å². The lowest BCUT2D eigenvalue weighted by atomic mass is 9.94. The van der Waals surface area contributed by atoms with Crippen molar-refractivity contribution in [3.63, 3.8) is 0 Å². The number of hydrogen-bond acceptors (Lipinski definition) is 6. The summed E-state index contributed by atoms with van der Waals surface area (Å²) in [5.74, 6) is -0.0548. The summed E-state index contributed by atoms with van der Waals surface area (Å²) >= 11 is 0. The van der Waals surface area contributed by atoms with E-state index in [1.807, 2.05) is 0 Å². The molecule has 0 unspecified atom stereocenters. The van der Waals surface area contributed by atoms with Crippen LogP contribution in [0.15, 0.2) is 18.2 Å². The Morgan fingerprint density at radius 1 is 1.20 bits per heavy atom. The van der Waals surface area contributed by atoms with Gasteiger partial charge in [0.15, 0.2) is 11.5 Å². The molecule has 6 heteroatoms. The first kappa shape index (κ1) is 14.2. The van der Waals surface area contributed by atoms with Gasteiger partial charge in [0.05, 0.1) is 20.1 Å². The summed E-state index contributed by atoms with van der Waals surface area (Å²) in [5.41, 5.74) is 0.727. The Balaban J connectivity index is 2.17. The van der Waals surface area contributed by atoms with Crippen LogP contribution in [0.2, 0.25) is 0 Å². The van der Waals surface area contributed by atoms with Crippen molar-refractivity contribution in [1.29, 1.82) is 0 Å². The molecule has 0 aliphatic carbocycles. The summed E-state index contributed by atoms with van der Waals surface area (Å²) in [6.45, 7) is 0.170.